The van der Waals surface area contributed by atoms with Gasteiger partial charge in [0.15, 0.2) is 6.04 Å². The van der Waals surface area contributed by atoms with Gasteiger partial charge in [0.1, 0.15) is 11.4 Å². The Morgan fingerprint density at radius 1 is 1.21 bits per heavy atom. The molecule has 0 aliphatic carbocycles. The number of nitrogens with one attached hydrogen (secondary N) is 1. The SMILES string of the molecule is COC(=O)C1c2ccc(OCCCNC(=O)OC(C)(C)C)cc2CCN1C(=O)OCC(C)C. The maximum atomic E-state index is 12.6. The van der Waals surface area contributed by atoms with Crippen LogP contribution in [0.3, 0.4) is 0 Å². The third-order valence-corrected chi connectivity index (χ3v) is 4.80. The van der Waals surface area contributed by atoms with Gasteiger partial charge in [-0.15, -0.1) is 0 Å². The molecule has 9 heteroatoms. The van der Waals surface area contributed by atoms with Gasteiger partial charge >= 0.3 is 18.2 Å². The van der Waals surface area contributed by atoms with Crippen LogP contribution in [0.25, 0.3) is 0 Å². The first-order valence-electron chi connectivity index (χ1n) is 11.3. The van der Waals surface area contributed by atoms with Crippen molar-refractivity contribution in [3.8, 4) is 5.75 Å². The number of nitrogens with zero attached hydrogens (tertiary/aromatic N) is 1. The lowest BCUT2D eigenvalue weighted by molar-refractivity contribution is -0.147. The predicted molar refractivity (Wildman–Crippen MR) is 122 cm³/mol. The monoisotopic (exact) mass is 464 g/mol. The predicted octanol–water partition coefficient (Wildman–Crippen LogP) is 3.85. The highest BCUT2D eigenvalue weighted by Crippen LogP contribution is 2.33. The standard InChI is InChI=1S/C24H36N2O7/c1-16(2)15-32-23(29)26-12-10-17-14-18(8-9-19(17)20(26)21(27)30-6)31-13-7-11-25-22(28)33-24(3,4)5/h8-9,14,16,20H,7,10-13,15H2,1-6H3,(H,25,28). The van der Waals surface area contributed by atoms with E-state index in [-0.39, 0.29) is 12.5 Å². The average molecular weight is 465 g/mol. The van der Waals surface area contributed by atoms with Gasteiger partial charge in [-0.2, -0.15) is 0 Å². The molecule has 184 valence electrons. The summed E-state index contributed by atoms with van der Waals surface area (Å²) in [5.74, 6) is 0.339. The lowest BCUT2D eigenvalue weighted by Crippen LogP contribution is -2.44. The number of ether oxygens (including phenoxy) is 4. The zero-order valence-electron chi connectivity index (χ0n) is 20.4. The zero-order valence-corrected chi connectivity index (χ0v) is 20.4. The van der Waals surface area contributed by atoms with Gasteiger partial charge in [0.2, 0.25) is 0 Å². The van der Waals surface area contributed by atoms with Crippen molar-refractivity contribution in [1.29, 1.82) is 0 Å². The smallest absolute Gasteiger partial charge is 0.410 e. The van der Waals surface area contributed by atoms with Gasteiger partial charge in [-0.1, -0.05) is 19.9 Å². The molecule has 1 heterocycles. The number of alkyl carbamates (subject to hydrolysis) is 1. The number of carbonyl (C=O) groups is 3. The van der Waals surface area contributed by atoms with Crippen LogP contribution in [0.2, 0.25) is 0 Å². The number of hydrogen-bond donors (Lipinski definition) is 1. The molecule has 1 aliphatic rings. The molecule has 1 aromatic carbocycles. The van der Waals surface area contributed by atoms with E-state index in [2.05, 4.69) is 5.32 Å². The van der Waals surface area contributed by atoms with E-state index in [0.29, 0.717) is 43.9 Å². The van der Waals surface area contributed by atoms with E-state index < -0.39 is 29.8 Å². The largest absolute Gasteiger partial charge is 0.494 e. The normalized spacial score (nSPS) is 15.5. The van der Waals surface area contributed by atoms with Crippen LogP contribution < -0.4 is 10.1 Å². The van der Waals surface area contributed by atoms with Gasteiger partial charge in [-0.05, 0) is 62.8 Å². The van der Waals surface area contributed by atoms with Crippen LogP contribution in [0.5, 0.6) is 5.75 Å². The highest BCUT2D eigenvalue weighted by Gasteiger charge is 2.38. The van der Waals surface area contributed by atoms with Crippen LogP contribution in [-0.2, 0) is 25.4 Å². The first kappa shape index (κ1) is 26.3. The van der Waals surface area contributed by atoms with Gasteiger partial charge in [-0.3, -0.25) is 4.90 Å². The van der Waals surface area contributed by atoms with Crippen LogP contribution in [0.1, 0.15) is 58.2 Å². The lowest BCUT2D eigenvalue weighted by Gasteiger charge is -2.35. The Bertz CT molecular complexity index is 833. The second kappa shape index (κ2) is 11.8. The number of hydrogen-bond acceptors (Lipinski definition) is 7. The van der Waals surface area contributed by atoms with Gasteiger partial charge in [0.05, 0.1) is 20.3 Å². The van der Waals surface area contributed by atoms with Crippen LogP contribution in [0.15, 0.2) is 18.2 Å². The Kier molecular flexibility index (Phi) is 9.37. The molecule has 0 spiro atoms. The molecule has 9 nitrogen and oxygen atoms in total. The molecule has 0 saturated heterocycles. The van der Waals surface area contributed by atoms with Crippen molar-refractivity contribution in [3.63, 3.8) is 0 Å². The quantitative estimate of drug-likeness (QED) is 0.354. The molecule has 0 saturated carbocycles. The molecule has 1 atom stereocenters. The van der Waals surface area contributed by atoms with Crippen molar-refractivity contribution in [2.75, 3.05) is 33.4 Å². The topological polar surface area (TPSA) is 103 Å². The third-order valence-electron chi connectivity index (χ3n) is 4.80. The lowest BCUT2D eigenvalue weighted by atomic mass is 9.92. The summed E-state index contributed by atoms with van der Waals surface area (Å²) >= 11 is 0. The summed E-state index contributed by atoms with van der Waals surface area (Å²) in [7, 11) is 1.30. The summed E-state index contributed by atoms with van der Waals surface area (Å²) in [6, 6.07) is 4.57. The molecule has 1 aliphatic heterocycles. The first-order valence-corrected chi connectivity index (χ1v) is 11.3. The van der Waals surface area contributed by atoms with E-state index in [1.165, 1.54) is 12.0 Å². The van der Waals surface area contributed by atoms with Gasteiger partial charge in [0, 0.05) is 13.1 Å². The molecule has 0 fully saturated rings. The highest BCUT2D eigenvalue weighted by molar-refractivity contribution is 5.84. The van der Waals surface area contributed by atoms with Crippen molar-refractivity contribution in [2.24, 2.45) is 5.92 Å². The number of amides is 2. The Morgan fingerprint density at radius 3 is 2.58 bits per heavy atom. The van der Waals surface area contributed by atoms with Crippen molar-refractivity contribution in [1.82, 2.24) is 10.2 Å². The Hall–Kier alpha value is -2.97. The van der Waals surface area contributed by atoms with Crippen molar-refractivity contribution >= 4 is 18.2 Å². The molecule has 1 unspecified atom stereocenters. The maximum Gasteiger partial charge on any atom is 0.410 e. The van der Waals surface area contributed by atoms with E-state index in [4.69, 9.17) is 18.9 Å². The molecular formula is C24H36N2O7. The minimum atomic E-state index is -0.856. The van der Waals surface area contributed by atoms with E-state index in [0.717, 1.165) is 5.56 Å². The van der Waals surface area contributed by atoms with E-state index >= 15 is 0 Å². The minimum absolute atomic E-state index is 0.196. The summed E-state index contributed by atoms with van der Waals surface area (Å²) in [6.07, 6.45) is 0.192. The molecule has 1 N–H and O–H groups in total. The number of carbonyl (C=O) groups excluding carboxylic acids is 3. The number of fused-ring (bicyclic) bond motifs is 1. The molecule has 0 aromatic heterocycles. The molecule has 2 amide bonds. The van der Waals surface area contributed by atoms with E-state index in [1.807, 2.05) is 40.7 Å². The summed E-state index contributed by atoms with van der Waals surface area (Å²) in [5, 5.41) is 2.69. The Morgan fingerprint density at radius 2 is 1.94 bits per heavy atom. The van der Waals surface area contributed by atoms with Crippen molar-refractivity contribution in [2.45, 2.75) is 59.1 Å². The van der Waals surface area contributed by atoms with Crippen LogP contribution in [-0.4, -0.2) is 62.1 Å². The van der Waals surface area contributed by atoms with Crippen molar-refractivity contribution in [3.05, 3.63) is 29.3 Å². The fourth-order valence-electron chi connectivity index (χ4n) is 3.34. The van der Waals surface area contributed by atoms with Crippen LogP contribution in [0, 0.1) is 5.92 Å². The summed E-state index contributed by atoms with van der Waals surface area (Å²) in [4.78, 5) is 38.2. The number of methoxy groups -OCH3 is 1. The summed E-state index contributed by atoms with van der Waals surface area (Å²) in [5.41, 5.74) is 1.09. The second-order valence-corrected chi connectivity index (χ2v) is 9.33. The minimum Gasteiger partial charge on any atom is -0.494 e. The van der Waals surface area contributed by atoms with E-state index in [1.54, 1.807) is 12.1 Å². The number of esters is 1. The van der Waals surface area contributed by atoms with Gasteiger partial charge < -0.3 is 24.3 Å². The average Bonchev–Trinajstić information content (AvgIpc) is 2.74. The first-order chi connectivity index (χ1) is 15.5. The maximum absolute atomic E-state index is 12.6. The van der Waals surface area contributed by atoms with Gasteiger partial charge in [0.25, 0.3) is 0 Å². The van der Waals surface area contributed by atoms with E-state index in [9.17, 15) is 14.4 Å². The van der Waals surface area contributed by atoms with Crippen LogP contribution in [0.4, 0.5) is 9.59 Å². The fraction of sp³-hybridized carbons (Fsp3) is 0.625. The Balaban J connectivity index is 1.96. The second-order valence-electron chi connectivity index (χ2n) is 9.33. The third kappa shape index (κ3) is 8.14. The summed E-state index contributed by atoms with van der Waals surface area (Å²) < 4.78 is 21.3. The molecule has 33 heavy (non-hydrogen) atoms. The molecule has 1 aromatic rings. The van der Waals surface area contributed by atoms with Gasteiger partial charge in [-0.25, -0.2) is 14.4 Å². The Labute approximate surface area is 195 Å². The number of rotatable bonds is 8. The molecule has 0 radical (unpaired) electrons. The molecule has 0 bridgehead atoms. The molecular weight excluding hydrogens is 428 g/mol. The highest BCUT2D eigenvalue weighted by atomic mass is 16.6. The van der Waals surface area contributed by atoms with Crippen LogP contribution >= 0.6 is 0 Å². The summed E-state index contributed by atoms with van der Waals surface area (Å²) in [6.45, 7) is 10.8. The number of benzene rings is 1. The zero-order chi connectivity index (χ0) is 24.6. The van der Waals surface area contributed by atoms with Crippen molar-refractivity contribution < 1.29 is 33.3 Å². The molecule has 2 rings (SSSR count). The fourth-order valence-corrected chi connectivity index (χ4v) is 3.34.